The molecule has 4 rings (SSSR count). The normalized spacial score (nSPS) is 11.7. The van der Waals surface area contributed by atoms with Crippen LogP contribution in [0.5, 0.6) is 0 Å². The van der Waals surface area contributed by atoms with E-state index in [1.807, 2.05) is 35.2 Å². The molecular formula is C24H25N3O2S3. The highest BCUT2D eigenvalue weighted by Gasteiger charge is 2.23. The molecule has 0 atom stereocenters. The molecule has 0 radical (unpaired) electrons. The summed E-state index contributed by atoms with van der Waals surface area (Å²) >= 11 is 4.64. The Kier molecular flexibility index (Phi) is 6.55. The van der Waals surface area contributed by atoms with E-state index in [1.54, 1.807) is 23.1 Å². The Morgan fingerprint density at radius 2 is 1.94 bits per heavy atom. The summed E-state index contributed by atoms with van der Waals surface area (Å²) in [4.78, 5) is 17.6. The quantitative estimate of drug-likeness (QED) is 0.229. The van der Waals surface area contributed by atoms with Crippen LogP contribution in [0.4, 0.5) is 0 Å². The van der Waals surface area contributed by atoms with Gasteiger partial charge in [0.05, 0.1) is 34.9 Å². The molecule has 166 valence electrons. The van der Waals surface area contributed by atoms with E-state index in [9.17, 15) is 4.79 Å². The van der Waals surface area contributed by atoms with Gasteiger partial charge in [0.15, 0.2) is 0 Å². The van der Waals surface area contributed by atoms with Crippen LogP contribution < -0.4 is 0 Å². The summed E-state index contributed by atoms with van der Waals surface area (Å²) < 4.78 is 7.99. The summed E-state index contributed by atoms with van der Waals surface area (Å²) in [6, 6.07) is 14.4. The van der Waals surface area contributed by atoms with Gasteiger partial charge in [-0.05, 0) is 24.0 Å². The average Bonchev–Trinajstić information content (AvgIpc) is 3.50. The van der Waals surface area contributed by atoms with Crippen LogP contribution >= 0.6 is 34.4 Å². The lowest BCUT2D eigenvalue weighted by Crippen LogP contribution is -2.13. The van der Waals surface area contributed by atoms with Crippen molar-refractivity contribution >= 4 is 40.4 Å². The number of esters is 1. The first-order valence-corrected chi connectivity index (χ1v) is 13.1. The minimum Gasteiger partial charge on any atom is -0.465 e. The minimum atomic E-state index is -0.316. The number of thiazole rings is 1. The summed E-state index contributed by atoms with van der Waals surface area (Å²) in [5.41, 5.74) is 5.02. The van der Waals surface area contributed by atoms with Gasteiger partial charge in [-0.15, -0.1) is 34.4 Å². The zero-order valence-corrected chi connectivity index (χ0v) is 21.2. The summed E-state index contributed by atoms with van der Waals surface area (Å²) in [6.45, 7) is 7.19. The Bertz CT molecular complexity index is 1230. The molecule has 0 saturated carbocycles. The topological polar surface area (TPSA) is 57.0 Å². The van der Waals surface area contributed by atoms with Gasteiger partial charge in [-0.1, -0.05) is 51.1 Å². The Hall–Kier alpha value is -2.42. The Morgan fingerprint density at radius 1 is 1.19 bits per heavy atom. The lowest BCUT2D eigenvalue weighted by atomic mass is 9.92. The molecule has 1 aromatic carbocycles. The number of carbonyl (C=O) groups is 1. The Labute approximate surface area is 200 Å². The fourth-order valence-corrected chi connectivity index (χ4v) is 6.01. The van der Waals surface area contributed by atoms with Crippen LogP contribution in [0.25, 0.3) is 22.0 Å². The van der Waals surface area contributed by atoms with E-state index in [1.165, 1.54) is 24.0 Å². The zero-order chi connectivity index (χ0) is 22.9. The van der Waals surface area contributed by atoms with Crippen LogP contribution in [0.1, 0.15) is 41.7 Å². The molecule has 0 aliphatic heterocycles. The second-order valence-electron chi connectivity index (χ2n) is 8.35. The molecule has 0 aliphatic carbocycles. The monoisotopic (exact) mass is 483 g/mol. The fraction of sp³-hybridized carbons (Fsp3) is 0.292. The van der Waals surface area contributed by atoms with Crippen molar-refractivity contribution in [1.82, 2.24) is 14.8 Å². The molecule has 0 unspecified atom stereocenters. The van der Waals surface area contributed by atoms with Crippen molar-refractivity contribution in [2.45, 2.75) is 36.9 Å². The third-order valence-corrected chi connectivity index (χ3v) is 8.12. The molecule has 8 heteroatoms. The highest BCUT2D eigenvalue weighted by atomic mass is 32.2. The maximum Gasteiger partial charge on any atom is 0.348 e. The van der Waals surface area contributed by atoms with E-state index in [-0.39, 0.29) is 11.4 Å². The smallest absolute Gasteiger partial charge is 0.348 e. The van der Waals surface area contributed by atoms with Crippen LogP contribution in [-0.2, 0) is 16.7 Å². The number of thiophene rings is 1. The van der Waals surface area contributed by atoms with Gasteiger partial charge in [-0.25, -0.2) is 9.78 Å². The fourth-order valence-electron chi connectivity index (χ4n) is 3.26. The number of carbonyl (C=O) groups excluding carboxylic acids is 1. The molecule has 3 aromatic heterocycles. The first-order valence-electron chi connectivity index (χ1n) is 10.1. The number of hydrogen-bond acceptors (Lipinski definition) is 7. The number of thioether (sulfide) groups is 1. The molecule has 0 saturated heterocycles. The number of methoxy groups -OCH3 is 1. The van der Waals surface area contributed by atoms with Crippen molar-refractivity contribution in [3.63, 3.8) is 0 Å². The first-order chi connectivity index (χ1) is 15.3. The van der Waals surface area contributed by atoms with E-state index in [2.05, 4.69) is 44.4 Å². The van der Waals surface area contributed by atoms with Crippen LogP contribution in [0, 0.1) is 0 Å². The van der Waals surface area contributed by atoms with Gasteiger partial charge in [0.25, 0.3) is 0 Å². The van der Waals surface area contributed by atoms with Crippen LogP contribution in [0.3, 0.4) is 0 Å². The second-order valence-corrected chi connectivity index (χ2v) is 11.3. The predicted octanol–water partition coefficient (Wildman–Crippen LogP) is 6.59. The van der Waals surface area contributed by atoms with Gasteiger partial charge in [-0.2, -0.15) is 5.10 Å². The molecule has 0 aliphatic rings. The minimum absolute atomic E-state index is 0.0651. The third kappa shape index (κ3) is 4.67. The van der Waals surface area contributed by atoms with E-state index in [0.717, 1.165) is 31.9 Å². The van der Waals surface area contributed by atoms with E-state index in [4.69, 9.17) is 14.8 Å². The van der Waals surface area contributed by atoms with Gasteiger partial charge in [0.1, 0.15) is 9.88 Å². The zero-order valence-electron chi connectivity index (χ0n) is 18.7. The molecule has 3 heterocycles. The summed E-state index contributed by atoms with van der Waals surface area (Å²) in [5.74, 6) is -0.316. The van der Waals surface area contributed by atoms with Crippen molar-refractivity contribution in [2.75, 3.05) is 13.4 Å². The number of hydrogen-bond donors (Lipinski definition) is 0. The summed E-state index contributed by atoms with van der Waals surface area (Å²) in [5, 5.41) is 7.88. The number of benzene rings is 1. The van der Waals surface area contributed by atoms with Crippen molar-refractivity contribution in [1.29, 1.82) is 0 Å². The average molecular weight is 484 g/mol. The molecule has 0 amide bonds. The molecule has 0 bridgehead atoms. The molecule has 4 aromatic rings. The highest BCUT2D eigenvalue weighted by molar-refractivity contribution is 8.00. The number of rotatable bonds is 6. The van der Waals surface area contributed by atoms with Crippen molar-refractivity contribution < 1.29 is 9.53 Å². The molecule has 0 spiro atoms. The van der Waals surface area contributed by atoms with E-state index in [0.29, 0.717) is 11.4 Å². The first kappa shape index (κ1) is 22.8. The maximum absolute atomic E-state index is 12.0. The van der Waals surface area contributed by atoms with Crippen molar-refractivity contribution in [3.8, 4) is 22.0 Å². The van der Waals surface area contributed by atoms with Crippen molar-refractivity contribution in [2.24, 2.45) is 0 Å². The molecule has 0 N–H and O–H groups in total. The van der Waals surface area contributed by atoms with Crippen LogP contribution in [-0.4, -0.2) is 34.1 Å². The summed E-state index contributed by atoms with van der Waals surface area (Å²) in [6.07, 6.45) is 2.01. The number of aromatic nitrogens is 3. The molecule has 5 nitrogen and oxygen atoms in total. The Morgan fingerprint density at radius 3 is 2.59 bits per heavy atom. The third-order valence-electron chi connectivity index (χ3n) is 4.99. The second kappa shape index (κ2) is 9.21. The molecular weight excluding hydrogens is 458 g/mol. The molecule has 32 heavy (non-hydrogen) atoms. The van der Waals surface area contributed by atoms with E-state index < -0.39 is 0 Å². The van der Waals surface area contributed by atoms with Gasteiger partial charge in [0, 0.05) is 16.4 Å². The lowest BCUT2D eigenvalue weighted by Gasteiger charge is -2.14. The van der Waals surface area contributed by atoms with Gasteiger partial charge >= 0.3 is 5.97 Å². The highest BCUT2D eigenvalue weighted by Crippen LogP contribution is 2.40. The van der Waals surface area contributed by atoms with Crippen LogP contribution in [0.2, 0.25) is 0 Å². The van der Waals surface area contributed by atoms with Crippen LogP contribution in [0.15, 0.2) is 52.1 Å². The predicted molar refractivity (Wildman–Crippen MR) is 134 cm³/mol. The van der Waals surface area contributed by atoms with Gasteiger partial charge in [0.2, 0.25) is 0 Å². The SMILES string of the molecule is COC(=O)c1cc(-c2nc(-c3cc(C(C)(C)C)nn3Cc3ccccc3)cs2)c(SC)s1. The number of ether oxygens (including phenoxy) is 1. The maximum atomic E-state index is 12.0. The van der Waals surface area contributed by atoms with E-state index >= 15 is 0 Å². The van der Waals surface area contributed by atoms with Gasteiger partial charge in [-0.3, -0.25) is 4.68 Å². The standard InChI is InChI=1S/C24H25N3O2S3/c1-24(2,3)20-12-18(27(26-20)13-15-9-7-6-8-10-15)17-14-31-21(25-17)16-11-19(22(28)29-4)32-23(16)30-5/h6-12,14H,13H2,1-5H3. The Balaban J connectivity index is 1.75. The van der Waals surface area contributed by atoms with Crippen molar-refractivity contribution in [3.05, 3.63) is 64.0 Å². The van der Waals surface area contributed by atoms with Gasteiger partial charge < -0.3 is 4.74 Å². The molecule has 0 fully saturated rings. The number of nitrogens with zero attached hydrogens (tertiary/aromatic N) is 3. The summed E-state index contributed by atoms with van der Waals surface area (Å²) in [7, 11) is 1.41. The lowest BCUT2D eigenvalue weighted by molar-refractivity contribution is 0.0606. The largest absolute Gasteiger partial charge is 0.465 e.